The first-order chi connectivity index (χ1) is 20.2. The zero-order valence-corrected chi connectivity index (χ0v) is 25.2. The third kappa shape index (κ3) is 4.63. The maximum Gasteiger partial charge on any atom is 0.340 e. The Morgan fingerprint density at radius 1 is 1.02 bits per heavy atom. The fourth-order valence-corrected chi connectivity index (χ4v) is 6.16. The Morgan fingerprint density at radius 2 is 1.71 bits per heavy atom. The van der Waals surface area contributed by atoms with Crippen molar-refractivity contribution >= 4 is 28.5 Å². The fraction of sp³-hybridized carbons (Fsp3) is 0.314. The second kappa shape index (κ2) is 11.4. The van der Waals surface area contributed by atoms with E-state index in [9.17, 15) is 9.59 Å². The lowest BCUT2D eigenvalue weighted by atomic mass is 9.78. The molecular weight excluding hydrogens is 528 g/mol. The zero-order valence-electron chi connectivity index (χ0n) is 25.2. The highest BCUT2D eigenvalue weighted by atomic mass is 16.7. The van der Waals surface area contributed by atoms with Gasteiger partial charge in [-0.25, -0.2) is 9.59 Å². The number of rotatable bonds is 10. The van der Waals surface area contributed by atoms with E-state index in [0.717, 1.165) is 53.0 Å². The molecule has 7 nitrogen and oxygen atoms in total. The largest absolute Gasteiger partial charge is 0.455 e. The zero-order chi connectivity index (χ0) is 30.2. The molecule has 0 fully saturated rings. The van der Waals surface area contributed by atoms with Crippen molar-refractivity contribution in [3.63, 3.8) is 0 Å². The van der Waals surface area contributed by atoms with Crippen LogP contribution in [0.2, 0.25) is 0 Å². The maximum absolute atomic E-state index is 13.6. The summed E-state index contributed by atoms with van der Waals surface area (Å²) < 4.78 is 20.8. The first-order valence-electron chi connectivity index (χ1n) is 14.5. The number of benzene rings is 3. The van der Waals surface area contributed by atoms with Gasteiger partial charge in [0.1, 0.15) is 5.75 Å². The summed E-state index contributed by atoms with van der Waals surface area (Å²) in [6.45, 7) is 17.6. The number of carbonyl (C=O) groups excluding carboxylic acids is 2. The Bertz CT molecular complexity index is 1680. The molecule has 0 spiro atoms. The Balaban J connectivity index is 1.84. The second-order valence-corrected chi connectivity index (χ2v) is 10.6. The summed E-state index contributed by atoms with van der Waals surface area (Å²) in [4.78, 5) is 28.2. The van der Waals surface area contributed by atoms with Crippen molar-refractivity contribution in [3.8, 4) is 5.75 Å². The molecule has 0 saturated heterocycles. The number of esters is 2. The van der Waals surface area contributed by atoms with Gasteiger partial charge in [-0.3, -0.25) is 0 Å². The van der Waals surface area contributed by atoms with Crippen LogP contribution in [-0.4, -0.2) is 35.9 Å². The Morgan fingerprint density at radius 3 is 2.40 bits per heavy atom. The number of fused-ring (bicyclic) bond motifs is 2. The lowest BCUT2D eigenvalue weighted by Crippen LogP contribution is -2.32. The van der Waals surface area contributed by atoms with Crippen molar-refractivity contribution in [1.29, 1.82) is 0 Å². The summed E-state index contributed by atoms with van der Waals surface area (Å²) in [5.74, 6) is -0.490. The molecular formula is C35H38N2O5. The molecule has 4 aromatic rings. The molecule has 1 aliphatic heterocycles. The van der Waals surface area contributed by atoms with E-state index in [0.29, 0.717) is 16.9 Å². The van der Waals surface area contributed by atoms with E-state index in [1.165, 1.54) is 0 Å². The van der Waals surface area contributed by atoms with Crippen molar-refractivity contribution < 1.29 is 23.8 Å². The Kier molecular flexibility index (Phi) is 7.87. The van der Waals surface area contributed by atoms with Crippen molar-refractivity contribution in [1.82, 2.24) is 4.57 Å². The summed E-state index contributed by atoms with van der Waals surface area (Å²) in [7, 11) is 0. The van der Waals surface area contributed by atoms with Crippen LogP contribution in [0.5, 0.6) is 5.75 Å². The van der Waals surface area contributed by atoms with Crippen LogP contribution >= 0.6 is 0 Å². The third-order valence-electron chi connectivity index (χ3n) is 8.06. The van der Waals surface area contributed by atoms with Gasteiger partial charge in [0.2, 0.25) is 6.29 Å². The molecule has 3 aromatic carbocycles. The second-order valence-electron chi connectivity index (χ2n) is 10.6. The molecule has 2 atom stereocenters. The molecule has 0 saturated carbocycles. The molecule has 0 amide bonds. The lowest BCUT2D eigenvalue weighted by Gasteiger charge is -2.33. The molecule has 1 aromatic heterocycles. The molecule has 7 heteroatoms. The van der Waals surface area contributed by atoms with E-state index in [-0.39, 0.29) is 5.57 Å². The first kappa shape index (κ1) is 29.0. The van der Waals surface area contributed by atoms with Crippen LogP contribution in [0.15, 0.2) is 78.9 Å². The summed E-state index contributed by atoms with van der Waals surface area (Å²) >= 11 is 0. The van der Waals surface area contributed by atoms with Gasteiger partial charge in [0, 0.05) is 77.2 Å². The smallest absolute Gasteiger partial charge is 0.340 e. The predicted octanol–water partition coefficient (Wildman–Crippen LogP) is 7.12. The molecule has 0 N–H and O–H groups in total. The van der Waals surface area contributed by atoms with Crippen LogP contribution in [0.3, 0.4) is 0 Å². The number of hydrogen-bond acceptors (Lipinski definition) is 6. The van der Waals surface area contributed by atoms with Gasteiger partial charge in [0.15, 0.2) is 5.60 Å². The topological polar surface area (TPSA) is 70.0 Å². The average molecular weight is 567 g/mol. The molecule has 0 radical (unpaired) electrons. The van der Waals surface area contributed by atoms with Gasteiger partial charge in [0.25, 0.3) is 0 Å². The molecule has 2 unspecified atom stereocenters. The highest BCUT2D eigenvalue weighted by Crippen LogP contribution is 2.53. The summed E-state index contributed by atoms with van der Waals surface area (Å²) in [5, 5.41) is 0.988. The van der Waals surface area contributed by atoms with Crippen molar-refractivity contribution in [2.45, 2.75) is 60.0 Å². The SMILES string of the molecule is C=C(C)C(=O)OC(C)Oc1cc(N(CC)CC)ccc1C1(c2c(C)n(CC)c3ccccc23)OC(=O)c2ccccc21. The lowest BCUT2D eigenvalue weighted by molar-refractivity contribution is -0.156. The van der Waals surface area contributed by atoms with E-state index in [2.05, 4.69) is 55.9 Å². The number of cyclic esters (lactones) is 1. The van der Waals surface area contributed by atoms with E-state index >= 15 is 0 Å². The molecule has 1 aliphatic rings. The van der Waals surface area contributed by atoms with E-state index in [1.807, 2.05) is 48.5 Å². The molecule has 218 valence electrons. The Hall–Kier alpha value is -4.52. The van der Waals surface area contributed by atoms with Gasteiger partial charge in [-0.2, -0.15) is 0 Å². The molecule has 42 heavy (non-hydrogen) atoms. The minimum atomic E-state index is -1.31. The van der Waals surface area contributed by atoms with Crippen LogP contribution in [0.1, 0.15) is 67.4 Å². The fourth-order valence-electron chi connectivity index (χ4n) is 6.16. The number of anilines is 1. The van der Waals surface area contributed by atoms with Crippen molar-refractivity contribution in [2.24, 2.45) is 0 Å². The summed E-state index contributed by atoms with van der Waals surface area (Å²) in [5.41, 5.74) is 4.73. The minimum absolute atomic E-state index is 0.278. The van der Waals surface area contributed by atoms with Gasteiger partial charge in [-0.15, -0.1) is 0 Å². The third-order valence-corrected chi connectivity index (χ3v) is 8.06. The molecule has 2 heterocycles. The summed E-state index contributed by atoms with van der Waals surface area (Å²) in [6.07, 6.45) is -0.928. The number of carbonyl (C=O) groups is 2. The molecule has 5 rings (SSSR count). The molecule has 0 bridgehead atoms. The number of ether oxygens (including phenoxy) is 3. The first-order valence-corrected chi connectivity index (χ1v) is 14.5. The van der Waals surface area contributed by atoms with Crippen molar-refractivity contribution in [3.05, 3.63) is 107 Å². The van der Waals surface area contributed by atoms with Gasteiger partial charge < -0.3 is 23.7 Å². The van der Waals surface area contributed by atoms with Gasteiger partial charge >= 0.3 is 11.9 Å². The number of nitrogens with zero attached hydrogens (tertiary/aromatic N) is 2. The maximum atomic E-state index is 13.6. The van der Waals surface area contributed by atoms with E-state index < -0.39 is 23.8 Å². The number of para-hydroxylation sites is 1. The van der Waals surface area contributed by atoms with Crippen LogP contribution in [0.25, 0.3) is 10.9 Å². The average Bonchev–Trinajstić information content (AvgIpc) is 3.44. The van der Waals surface area contributed by atoms with E-state index in [1.54, 1.807) is 19.9 Å². The van der Waals surface area contributed by atoms with Crippen LogP contribution in [0, 0.1) is 6.92 Å². The normalized spacial score (nSPS) is 16.6. The molecule has 0 aliphatic carbocycles. The van der Waals surface area contributed by atoms with Gasteiger partial charge in [0.05, 0.1) is 5.56 Å². The monoisotopic (exact) mass is 566 g/mol. The highest BCUT2D eigenvalue weighted by Gasteiger charge is 2.52. The van der Waals surface area contributed by atoms with Crippen LogP contribution < -0.4 is 9.64 Å². The quantitative estimate of drug-likeness (QED) is 0.116. The number of hydrogen-bond donors (Lipinski definition) is 0. The van der Waals surface area contributed by atoms with Gasteiger partial charge in [-0.1, -0.05) is 43.0 Å². The van der Waals surface area contributed by atoms with Gasteiger partial charge in [-0.05, 0) is 58.9 Å². The Labute approximate surface area is 247 Å². The predicted molar refractivity (Wildman–Crippen MR) is 165 cm³/mol. The number of aromatic nitrogens is 1. The van der Waals surface area contributed by atoms with Crippen LogP contribution in [-0.2, 0) is 26.4 Å². The van der Waals surface area contributed by atoms with Crippen LogP contribution in [0.4, 0.5) is 5.69 Å². The highest BCUT2D eigenvalue weighted by molar-refractivity contribution is 5.99. The van der Waals surface area contributed by atoms with E-state index in [4.69, 9.17) is 14.2 Å². The standard InChI is InChI=1S/C35H38N2O5/c1-8-36(9-2)25-19-20-29(31(21-25)40-24(7)41-33(38)22(4)5)35(28-17-13-11-15-26(28)34(39)42-35)32-23(6)37(10-3)30-18-14-12-16-27(30)32/h11-21,24H,4,8-10H2,1-3,5-7H3. The van der Waals surface area contributed by atoms with Crippen molar-refractivity contribution in [2.75, 3.05) is 18.0 Å². The minimum Gasteiger partial charge on any atom is -0.455 e. The number of aryl methyl sites for hydroxylation is 1. The summed E-state index contributed by atoms with van der Waals surface area (Å²) in [6, 6.07) is 21.6.